The SMILES string of the molecule is Cc1oncc1C(O)C(C#N)C(=O)Nc1ccc(S(C)(=O)=O)cc1Cl. The number of carbonyl (C=O) groups is 1. The quantitative estimate of drug-likeness (QED) is 0.804. The van der Waals surface area contributed by atoms with Crippen molar-refractivity contribution >= 4 is 33.0 Å². The molecule has 0 aliphatic heterocycles. The van der Waals surface area contributed by atoms with Crippen molar-refractivity contribution in [2.45, 2.75) is 17.9 Å². The van der Waals surface area contributed by atoms with Crippen molar-refractivity contribution in [1.82, 2.24) is 5.16 Å². The second-order valence-electron chi connectivity index (χ2n) is 5.29. The summed E-state index contributed by atoms with van der Waals surface area (Å²) in [6, 6.07) is 5.50. The van der Waals surface area contributed by atoms with E-state index < -0.39 is 27.8 Å². The maximum Gasteiger partial charge on any atom is 0.244 e. The molecule has 8 nitrogen and oxygen atoms in total. The van der Waals surface area contributed by atoms with Crippen LogP contribution in [-0.4, -0.2) is 30.8 Å². The highest BCUT2D eigenvalue weighted by Gasteiger charge is 2.31. The van der Waals surface area contributed by atoms with E-state index >= 15 is 0 Å². The van der Waals surface area contributed by atoms with Crippen LogP contribution in [0.3, 0.4) is 0 Å². The van der Waals surface area contributed by atoms with Gasteiger partial charge in [0.05, 0.1) is 27.9 Å². The Balaban J connectivity index is 2.23. The molecule has 1 aromatic carbocycles. The molecule has 0 radical (unpaired) electrons. The van der Waals surface area contributed by atoms with Gasteiger partial charge in [0, 0.05) is 11.8 Å². The number of nitrogens with zero attached hydrogens (tertiary/aromatic N) is 2. The molecule has 132 valence electrons. The number of benzene rings is 1. The number of aromatic nitrogens is 1. The zero-order valence-electron chi connectivity index (χ0n) is 13.2. The van der Waals surface area contributed by atoms with Crippen molar-refractivity contribution < 1.29 is 22.8 Å². The number of sulfone groups is 1. The zero-order valence-corrected chi connectivity index (χ0v) is 14.8. The minimum absolute atomic E-state index is 0.00698. The van der Waals surface area contributed by atoms with Crippen molar-refractivity contribution in [2.24, 2.45) is 5.92 Å². The molecule has 0 fully saturated rings. The van der Waals surface area contributed by atoms with Gasteiger partial charge in [0.2, 0.25) is 5.91 Å². The zero-order chi connectivity index (χ0) is 18.8. The molecule has 25 heavy (non-hydrogen) atoms. The third-order valence-electron chi connectivity index (χ3n) is 3.47. The topological polar surface area (TPSA) is 133 Å². The van der Waals surface area contributed by atoms with Crippen molar-refractivity contribution in [3.8, 4) is 6.07 Å². The third kappa shape index (κ3) is 4.17. The van der Waals surface area contributed by atoms with Gasteiger partial charge in [-0.15, -0.1) is 0 Å². The summed E-state index contributed by atoms with van der Waals surface area (Å²) in [5.41, 5.74) is 0.341. The van der Waals surface area contributed by atoms with Gasteiger partial charge in [-0.2, -0.15) is 5.26 Å². The van der Waals surface area contributed by atoms with Crippen molar-refractivity contribution in [3.05, 3.63) is 40.7 Å². The second kappa shape index (κ2) is 7.23. The number of aliphatic hydroxyl groups excluding tert-OH is 1. The highest BCUT2D eigenvalue weighted by atomic mass is 35.5. The summed E-state index contributed by atoms with van der Waals surface area (Å²) in [6.07, 6.45) is 0.816. The Hall–Kier alpha value is -2.41. The van der Waals surface area contributed by atoms with Gasteiger partial charge in [-0.05, 0) is 25.1 Å². The summed E-state index contributed by atoms with van der Waals surface area (Å²) in [7, 11) is -3.45. The number of aryl methyl sites for hydroxylation is 1. The van der Waals surface area contributed by atoms with Crippen molar-refractivity contribution in [2.75, 3.05) is 11.6 Å². The molecule has 1 heterocycles. The van der Waals surface area contributed by atoms with Crippen LogP contribution in [0, 0.1) is 24.2 Å². The Labute approximate surface area is 148 Å². The van der Waals surface area contributed by atoms with Gasteiger partial charge in [0.15, 0.2) is 15.8 Å². The molecule has 10 heteroatoms. The van der Waals surface area contributed by atoms with E-state index in [1.807, 2.05) is 0 Å². The number of nitriles is 1. The minimum atomic E-state index is -3.45. The van der Waals surface area contributed by atoms with Crippen molar-refractivity contribution in [3.63, 3.8) is 0 Å². The summed E-state index contributed by atoms with van der Waals surface area (Å²) in [4.78, 5) is 12.3. The predicted octanol–water partition coefficient (Wildman–Crippen LogP) is 1.85. The highest BCUT2D eigenvalue weighted by Crippen LogP contribution is 2.29. The lowest BCUT2D eigenvalue weighted by molar-refractivity contribution is -0.121. The molecular weight excluding hydrogens is 370 g/mol. The van der Waals surface area contributed by atoms with Crippen LogP contribution in [0.1, 0.15) is 17.4 Å². The normalized spacial score (nSPS) is 13.7. The Kier molecular flexibility index (Phi) is 5.47. The number of amides is 1. The molecule has 2 unspecified atom stereocenters. The van der Waals surface area contributed by atoms with Gasteiger partial charge >= 0.3 is 0 Å². The Morgan fingerprint density at radius 3 is 2.64 bits per heavy atom. The lowest BCUT2D eigenvalue weighted by atomic mass is 9.97. The largest absolute Gasteiger partial charge is 0.386 e. The number of nitrogens with one attached hydrogen (secondary N) is 1. The molecular formula is C15H14ClN3O5S. The number of anilines is 1. The van der Waals surface area contributed by atoms with E-state index in [1.54, 1.807) is 13.0 Å². The highest BCUT2D eigenvalue weighted by molar-refractivity contribution is 7.90. The second-order valence-corrected chi connectivity index (χ2v) is 7.71. The van der Waals surface area contributed by atoms with Crippen LogP contribution >= 0.6 is 11.6 Å². The smallest absolute Gasteiger partial charge is 0.244 e. The van der Waals surface area contributed by atoms with E-state index in [4.69, 9.17) is 16.1 Å². The van der Waals surface area contributed by atoms with E-state index in [2.05, 4.69) is 10.5 Å². The molecule has 2 aromatic rings. The molecule has 2 N–H and O–H groups in total. The first-order chi connectivity index (χ1) is 11.6. The number of halogens is 1. The van der Waals surface area contributed by atoms with Crippen LogP contribution in [0.2, 0.25) is 5.02 Å². The van der Waals surface area contributed by atoms with Gasteiger partial charge in [-0.3, -0.25) is 4.79 Å². The summed E-state index contributed by atoms with van der Waals surface area (Å²) in [6.45, 7) is 1.54. The number of aliphatic hydroxyl groups is 1. The molecule has 0 aliphatic rings. The Morgan fingerprint density at radius 1 is 1.48 bits per heavy atom. The van der Waals surface area contributed by atoms with Crippen LogP contribution in [0.4, 0.5) is 5.69 Å². The first kappa shape index (κ1) is 18.9. The fourth-order valence-electron chi connectivity index (χ4n) is 2.08. The number of hydrogen-bond acceptors (Lipinski definition) is 7. The fourth-order valence-corrected chi connectivity index (χ4v) is 3.02. The van der Waals surface area contributed by atoms with Crippen molar-refractivity contribution in [1.29, 1.82) is 5.26 Å². The van der Waals surface area contributed by atoms with E-state index in [9.17, 15) is 23.6 Å². The van der Waals surface area contributed by atoms with E-state index in [1.165, 1.54) is 24.4 Å². The third-order valence-corrected chi connectivity index (χ3v) is 4.89. The lowest BCUT2D eigenvalue weighted by Crippen LogP contribution is -2.27. The molecule has 1 amide bonds. The first-order valence-corrected chi connectivity index (χ1v) is 9.21. The maximum absolute atomic E-state index is 12.3. The van der Waals surface area contributed by atoms with Crippen LogP contribution in [0.5, 0.6) is 0 Å². The Morgan fingerprint density at radius 2 is 2.16 bits per heavy atom. The first-order valence-electron chi connectivity index (χ1n) is 6.94. The van der Waals surface area contributed by atoms with Crippen LogP contribution in [0.15, 0.2) is 33.8 Å². The molecule has 1 aromatic heterocycles. The van der Waals surface area contributed by atoms with Gasteiger partial charge in [-0.25, -0.2) is 8.42 Å². The standard InChI is InChI=1S/C15H14ClN3O5S/c1-8-11(7-18-24-8)14(20)10(6-17)15(21)19-13-4-3-9(5-12(13)16)25(2,22)23/h3-5,7,10,14,20H,1-2H3,(H,19,21). The van der Waals surface area contributed by atoms with Crippen LogP contribution in [-0.2, 0) is 14.6 Å². The van der Waals surface area contributed by atoms with Gasteiger partial charge in [0.1, 0.15) is 11.9 Å². The lowest BCUT2D eigenvalue weighted by Gasteiger charge is -2.16. The minimum Gasteiger partial charge on any atom is -0.386 e. The Bertz CT molecular complexity index is 948. The monoisotopic (exact) mass is 383 g/mol. The summed E-state index contributed by atoms with van der Waals surface area (Å²) >= 11 is 5.98. The van der Waals surface area contributed by atoms with Crippen LogP contribution < -0.4 is 5.32 Å². The maximum atomic E-state index is 12.3. The number of hydrogen-bond donors (Lipinski definition) is 2. The van der Waals surface area contributed by atoms with Gasteiger partial charge in [0.25, 0.3) is 0 Å². The average Bonchev–Trinajstić information content (AvgIpc) is 2.95. The summed E-state index contributed by atoms with van der Waals surface area (Å²) in [5.74, 6) is -1.95. The number of carbonyl (C=O) groups excluding carboxylic acids is 1. The van der Waals surface area contributed by atoms with Gasteiger partial charge < -0.3 is 14.9 Å². The van der Waals surface area contributed by atoms with E-state index in [-0.39, 0.29) is 26.9 Å². The molecule has 0 spiro atoms. The summed E-state index contributed by atoms with van der Waals surface area (Å²) in [5, 5.41) is 25.3. The molecule has 0 saturated carbocycles. The van der Waals surface area contributed by atoms with E-state index in [0.717, 1.165) is 6.26 Å². The fraction of sp³-hybridized carbons (Fsp3) is 0.267. The molecule has 0 aliphatic carbocycles. The molecule has 2 atom stereocenters. The molecule has 2 rings (SSSR count). The number of rotatable bonds is 5. The van der Waals surface area contributed by atoms with E-state index in [0.29, 0.717) is 0 Å². The summed E-state index contributed by atoms with van der Waals surface area (Å²) < 4.78 is 27.8. The molecule has 0 bridgehead atoms. The van der Waals surface area contributed by atoms with Gasteiger partial charge in [-0.1, -0.05) is 16.8 Å². The molecule has 0 saturated heterocycles. The predicted molar refractivity (Wildman–Crippen MR) is 88.5 cm³/mol. The average molecular weight is 384 g/mol. The van der Waals surface area contributed by atoms with Crippen LogP contribution in [0.25, 0.3) is 0 Å².